The van der Waals surface area contributed by atoms with E-state index >= 15 is 0 Å². The minimum absolute atomic E-state index is 0.402. The number of rotatable bonds is 4. The molecule has 6 heteroatoms. The zero-order valence-electron chi connectivity index (χ0n) is 11.2. The van der Waals surface area contributed by atoms with Crippen molar-refractivity contribution in [3.05, 3.63) is 48.5 Å². The normalized spacial score (nSPS) is 10.2. The minimum Gasteiger partial charge on any atom is -0.388 e. The van der Waals surface area contributed by atoms with E-state index in [1.807, 2.05) is 0 Å². The number of ether oxygens (including phenoxy) is 2. The SMILES string of the molecule is CP(=O)(c1ccc(OC#N)cc1)c1ccc(OC#N)cc1. The van der Waals surface area contributed by atoms with Crippen LogP contribution in [0, 0.1) is 23.0 Å². The molecule has 0 aromatic heterocycles. The first kappa shape index (κ1) is 14.7. The average Bonchev–Trinajstić information content (AvgIpc) is 2.49. The Morgan fingerprint density at radius 2 is 1.14 bits per heavy atom. The Hall–Kier alpha value is -2.75. The van der Waals surface area contributed by atoms with Crippen LogP contribution in [0.1, 0.15) is 0 Å². The molecule has 21 heavy (non-hydrogen) atoms. The molecule has 0 aliphatic heterocycles. The molecule has 0 spiro atoms. The largest absolute Gasteiger partial charge is 0.388 e. The molecular formula is C15H11N2O3P. The predicted molar refractivity (Wildman–Crippen MR) is 78.2 cm³/mol. The van der Waals surface area contributed by atoms with E-state index in [0.29, 0.717) is 22.1 Å². The van der Waals surface area contributed by atoms with Crippen LogP contribution < -0.4 is 20.1 Å². The van der Waals surface area contributed by atoms with Gasteiger partial charge in [-0.05, 0) is 55.2 Å². The fourth-order valence-corrected chi connectivity index (χ4v) is 3.59. The van der Waals surface area contributed by atoms with Crippen LogP contribution in [0.2, 0.25) is 0 Å². The quantitative estimate of drug-likeness (QED) is 0.639. The molecule has 2 aromatic rings. The fourth-order valence-electron chi connectivity index (χ4n) is 1.85. The molecule has 0 bridgehead atoms. The summed E-state index contributed by atoms with van der Waals surface area (Å²) in [6.07, 6.45) is 3.17. The second kappa shape index (κ2) is 6.13. The molecule has 0 atom stereocenters. The number of nitriles is 2. The second-order valence-corrected chi connectivity index (χ2v) is 7.18. The van der Waals surface area contributed by atoms with Gasteiger partial charge in [-0.2, -0.15) is 0 Å². The van der Waals surface area contributed by atoms with Gasteiger partial charge in [0.05, 0.1) is 0 Å². The molecule has 2 rings (SSSR count). The summed E-state index contributed by atoms with van der Waals surface area (Å²) >= 11 is 0. The molecule has 0 fully saturated rings. The summed E-state index contributed by atoms with van der Waals surface area (Å²) in [6.45, 7) is 1.66. The Bertz CT molecular complexity index is 692. The van der Waals surface area contributed by atoms with Crippen molar-refractivity contribution >= 4 is 17.8 Å². The van der Waals surface area contributed by atoms with Crippen LogP contribution in [-0.4, -0.2) is 6.66 Å². The molecule has 0 N–H and O–H groups in total. The number of nitrogens with zero attached hydrogens (tertiary/aromatic N) is 2. The lowest BCUT2D eigenvalue weighted by Crippen LogP contribution is -2.14. The van der Waals surface area contributed by atoms with Crippen LogP contribution in [0.5, 0.6) is 11.5 Å². The zero-order valence-corrected chi connectivity index (χ0v) is 12.1. The van der Waals surface area contributed by atoms with E-state index in [4.69, 9.17) is 20.0 Å². The van der Waals surface area contributed by atoms with Crippen LogP contribution in [0.25, 0.3) is 0 Å². The van der Waals surface area contributed by atoms with E-state index in [1.165, 1.54) is 0 Å². The zero-order chi connectivity index (χ0) is 15.3. The maximum atomic E-state index is 12.9. The third kappa shape index (κ3) is 3.23. The molecule has 0 unspecified atom stereocenters. The fraction of sp³-hybridized carbons (Fsp3) is 0.0667. The van der Waals surface area contributed by atoms with Crippen LogP contribution in [-0.2, 0) is 4.57 Å². The van der Waals surface area contributed by atoms with Crippen molar-refractivity contribution in [2.24, 2.45) is 0 Å². The Morgan fingerprint density at radius 1 is 0.810 bits per heavy atom. The minimum atomic E-state index is -2.75. The molecule has 0 radical (unpaired) electrons. The Kier molecular flexibility index (Phi) is 4.28. The monoisotopic (exact) mass is 298 g/mol. The lowest BCUT2D eigenvalue weighted by Gasteiger charge is -2.14. The molecule has 0 saturated carbocycles. The van der Waals surface area contributed by atoms with E-state index in [0.717, 1.165) is 0 Å². The summed E-state index contributed by atoms with van der Waals surface area (Å²) in [5.41, 5.74) is 0. The van der Waals surface area contributed by atoms with Crippen molar-refractivity contribution in [2.75, 3.05) is 6.66 Å². The van der Waals surface area contributed by atoms with Gasteiger partial charge < -0.3 is 14.0 Å². The van der Waals surface area contributed by atoms with Crippen LogP contribution in [0.3, 0.4) is 0 Å². The smallest absolute Gasteiger partial charge is 0.292 e. The Morgan fingerprint density at radius 3 is 1.43 bits per heavy atom. The molecule has 2 aromatic carbocycles. The van der Waals surface area contributed by atoms with Crippen LogP contribution in [0.15, 0.2) is 48.5 Å². The van der Waals surface area contributed by atoms with Gasteiger partial charge in [0.15, 0.2) is 0 Å². The molecule has 104 valence electrons. The molecule has 0 aliphatic rings. The summed E-state index contributed by atoms with van der Waals surface area (Å²) in [5, 5.41) is 18.2. The summed E-state index contributed by atoms with van der Waals surface area (Å²) in [7, 11) is -2.75. The third-order valence-electron chi connectivity index (χ3n) is 2.99. The molecular weight excluding hydrogens is 287 g/mol. The summed E-state index contributed by atoms with van der Waals surface area (Å²) in [5.74, 6) is 0.804. The van der Waals surface area contributed by atoms with Crippen LogP contribution in [0.4, 0.5) is 0 Å². The first-order valence-electron chi connectivity index (χ1n) is 5.98. The van der Waals surface area contributed by atoms with Gasteiger partial charge in [-0.3, -0.25) is 0 Å². The second-order valence-electron chi connectivity index (χ2n) is 4.30. The molecule has 0 heterocycles. The van der Waals surface area contributed by atoms with Crippen molar-refractivity contribution in [3.63, 3.8) is 0 Å². The van der Waals surface area contributed by atoms with Gasteiger partial charge in [-0.15, -0.1) is 10.5 Å². The molecule has 0 amide bonds. The number of hydrogen-bond donors (Lipinski definition) is 0. The maximum Gasteiger partial charge on any atom is 0.292 e. The third-order valence-corrected chi connectivity index (χ3v) is 5.55. The predicted octanol–water partition coefficient (Wildman–Crippen LogP) is 2.35. The van der Waals surface area contributed by atoms with E-state index in [1.54, 1.807) is 67.7 Å². The standard InChI is InChI=1S/C15H11N2O3P/c1-21(18,14-6-2-12(3-7-14)19-10-16)15-8-4-13(5-9-15)20-11-17/h2-9H,1H3. The highest BCUT2D eigenvalue weighted by Crippen LogP contribution is 2.39. The first-order valence-corrected chi connectivity index (χ1v) is 8.14. The summed E-state index contributed by atoms with van der Waals surface area (Å²) in [4.78, 5) is 0. The van der Waals surface area contributed by atoms with E-state index in [-0.39, 0.29) is 0 Å². The van der Waals surface area contributed by atoms with Gasteiger partial charge in [-0.1, -0.05) is 0 Å². The first-order chi connectivity index (χ1) is 10.1. The lowest BCUT2D eigenvalue weighted by molar-refractivity contribution is 0.507. The van der Waals surface area contributed by atoms with Crippen molar-refractivity contribution in [3.8, 4) is 24.0 Å². The van der Waals surface area contributed by atoms with E-state index in [2.05, 4.69) is 0 Å². The number of hydrogen-bond acceptors (Lipinski definition) is 5. The van der Waals surface area contributed by atoms with Crippen LogP contribution >= 0.6 is 7.14 Å². The Balaban J connectivity index is 2.30. The van der Waals surface area contributed by atoms with Crippen molar-refractivity contribution in [1.82, 2.24) is 0 Å². The highest BCUT2D eigenvalue weighted by molar-refractivity contribution is 7.78. The van der Waals surface area contributed by atoms with Crippen molar-refractivity contribution < 1.29 is 14.0 Å². The van der Waals surface area contributed by atoms with Gasteiger partial charge in [0.2, 0.25) is 0 Å². The highest BCUT2D eigenvalue weighted by atomic mass is 31.2. The van der Waals surface area contributed by atoms with Gasteiger partial charge in [-0.25, -0.2) is 0 Å². The van der Waals surface area contributed by atoms with E-state index < -0.39 is 7.14 Å². The summed E-state index contributed by atoms with van der Waals surface area (Å²) < 4.78 is 22.3. The lowest BCUT2D eigenvalue weighted by atomic mass is 10.3. The topological polar surface area (TPSA) is 83.1 Å². The average molecular weight is 298 g/mol. The molecule has 5 nitrogen and oxygen atoms in total. The highest BCUT2D eigenvalue weighted by Gasteiger charge is 2.21. The van der Waals surface area contributed by atoms with Gasteiger partial charge >= 0.3 is 0 Å². The molecule has 0 aliphatic carbocycles. The van der Waals surface area contributed by atoms with Gasteiger partial charge in [0.25, 0.3) is 12.5 Å². The van der Waals surface area contributed by atoms with Gasteiger partial charge in [0, 0.05) is 10.6 Å². The number of benzene rings is 2. The maximum absolute atomic E-state index is 12.9. The van der Waals surface area contributed by atoms with E-state index in [9.17, 15) is 4.57 Å². The van der Waals surface area contributed by atoms with Gasteiger partial charge in [0.1, 0.15) is 18.6 Å². The van der Waals surface area contributed by atoms with Crippen molar-refractivity contribution in [2.45, 2.75) is 0 Å². The molecule has 0 saturated heterocycles. The summed E-state index contributed by atoms with van der Waals surface area (Å²) in [6, 6.07) is 13.1. The van der Waals surface area contributed by atoms with Crippen molar-refractivity contribution in [1.29, 1.82) is 10.5 Å². The Labute approximate surface area is 122 Å².